The van der Waals surface area contributed by atoms with Gasteiger partial charge in [0.05, 0.1) is 6.61 Å². The fourth-order valence-electron chi connectivity index (χ4n) is 3.03. The molecule has 1 heterocycles. The first-order chi connectivity index (χ1) is 12.1. The molecule has 4 nitrogen and oxygen atoms in total. The minimum atomic E-state index is 0.543. The van der Waals surface area contributed by atoms with Crippen molar-refractivity contribution in [2.75, 3.05) is 12.4 Å². The van der Waals surface area contributed by atoms with Gasteiger partial charge in [0.1, 0.15) is 11.6 Å². The monoisotopic (exact) mass is 357 g/mol. The molecule has 1 aliphatic rings. The molecular formula is C20H27N3OS. The number of thioether (sulfide) groups is 1. The van der Waals surface area contributed by atoms with E-state index in [4.69, 9.17) is 4.74 Å². The van der Waals surface area contributed by atoms with Crippen LogP contribution in [0.25, 0.3) is 0 Å². The van der Waals surface area contributed by atoms with E-state index in [-0.39, 0.29) is 0 Å². The molecular weight excluding hydrogens is 330 g/mol. The summed E-state index contributed by atoms with van der Waals surface area (Å²) in [5.74, 6) is 4.05. The van der Waals surface area contributed by atoms with Gasteiger partial charge in [0.25, 0.3) is 0 Å². The van der Waals surface area contributed by atoms with Crippen molar-refractivity contribution in [2.24, 2.45) is 0 Å². The summed E-state index contributed by atoms with van der Waals surface area (Å²) in [6.07, 6.45) is 4.37. The van der Waals surface area contributed by atoms with E-state index in [1.54, 1.807) is 11.8 Å². The van der Waals surface area contributed by atoms with Crippen LogP contribution in [-0.4, -0.2) is 27.1 Å². The van der Waals surface area contributed by atoms with Crippen LogP contribution in [0.5, 0.6) is 5.75 Å². The van der Waals surface area contributed by atoms with Crippen LogP contribution in [-0.2, 0) is 6.54 Å². The molecule has 0 bridgehead atoms. The van der Waals surface area contributed by atoms with Gasteiger partial charge in [-0.3, -0.25) is 0 Å². The van der Waals surface area contributed by atoms with Crippen molar-refractivity contribution < 1.29 is 4.74 Å². The molecule has 0 unspecified atom stereocenters. The molecule has 25 heavy (non-hydrogen) atoms. The lowest BCUT2D eigenvalue weighted by molar-refractivity contribution is 0.343. The molecule has 1 aromatic carbocycles. The number of benzene rings is 1. The highest BCUT2D eigenvalue weighted by Crippen LogP contribution is 2.40. The first kappa shape index (κ1) is 18.1. The topological polar surface area (TPSA) is 39.9 Å². The molecule has 0 amide bonds. The fourth-order valence-corrected chi connectivity index (χ4v) is 3.80. The normalized spacial score (nSPS) is 14.1. The summed E-state index contributed by atoms with van der Waals surface area (Å²) in [7, 11) is 0. The van der Waals surface area contributed by atoms with Crippen LogP contribution in [0, 0.1) is 6.92 Å². The second kappa shape index (κ2) is 8.09. The molecule has 3 rings (SSSR count). The van der Waals surface area contributed by atoms with Crippen molar-refractivity contribution in [1.82, 2.24) is 14.8 Å². The van der Waals surface area contributed by atoms with Crippen molar-refractivity contribution in [3.63, 3.8) is 0 Å². The van der Waals surface area contributed by atoms with E-state index in [9.17, 15) is 0 Å². The van der Waals surface area contributed by atoms with Crippen LogP contribution in [0.15, 0.2) is 36.0 Å². The van der Waals surface area contributed by atoms with Crippen molar-refractivity contribution >= 4 is 11.8 Å². The average molecular weight is 358 g/mol. The molecule has 1 fully saturated rings. The van der Waals surface area contributed by atoms with Crippen LogP contribution in [0.1, 0.15) is 55.5 Å². The smallest absolute Gasteiger partial charge is 0.191 e. The first-order valence-corrected chi connectivity index (χ1v) is 9.98. The third-order valence-corrected chi connectivity index (χ3v) is 5.38. The highest BCUT2D eigenvalue weighted by atomic mass is 32.2. The fraction of sp³-hybridized carbons (Fsp3) is 0.500. The molecule has 1 aromatic heterocycles. The number of hydrogen-bond donors (Lipinski definition) is 0. The lowest BCUT2D eigenvalue weighted by atomic mass is 9.98. The Hall–Kier alpha value is -1.75. The van der Waals surface area contributed by atoms with Gasteiger partial charge in [-0.1, -0.05) is 37.8 Å². The van der Waals surface area contributed by atoms with E-state index in [0.29, 0.717) is 18.4 Å². The predicted molar refractivity (Wildman–Crippen MR) is 104 cm³/mol. The van der Waals surface area contributed by atoms with Gasteiger partial charge >= 0.3 is 0 Å². The Labute approximate surface area is 154 Å². The first-order valence-electron chi connectivity index (χ1n) is 9.00. The third kappa shape index (κ3) is 4.46. The lowest BCUT2D eigenvalue weighted by Gasteiger charge is -2.12. The van der Waals surface area contributed by atoms with E-state index >= 15 is 0 Å². The maximum Gasteiger partial charge on any atom is 0.191 e. The van der Waals surface area contributed by atoms with Crippen molar-refractivity contribution in [3.8, 4) is 5.75 Å². The number of nitrogens with zero attached hydrogens (tertiary/aromatic N) is 3. The summed E-state index contributed by atoms with van der Waals surface area (Å²) in [5, 5.41) is 9.70. The third-order valence-electron chi connectivity index (χ3n) is 4.45. The summed E-state index contributed by atoms with van der Waals surface area (Å²) in [6, 6.07) is 6.37. The molecule has 0 spiro atoms. The molecule has 0 aliphatic heterocycles. The summed E-state index contributed by atoms with van der Waals surface area (Å²) in [6.45, 7) is 11.9. The van der Waals surface area contributed by atoms with Crippen LogP contribution >= 0.6 is 11.8 Å². The maximum atomic E-state index is 5.91. The number of allylic oxidation sites excluding steroid dienone is 1. The van der Waals surface area contributed by atoms with Gasteiger partial charge in [-0.05, 0) is 48.9 Å². The molecule has 0 saturated heterocycles. The Kier molecular flexibility index (Phi) is 5.84. The SMILES string of the molecule is C=CCn1c(SCCOc2ccc(C(C)C)c(C)c2)nnc1C1CC1. The summed E-state index contributed by atoms with van der Waals surface area (Å²) < 4.78 is 8.10. The number of ether oxygens (including phenoxy) is 1. The van der Waals surface area contributed by atoms with E-state index < -0.39 is 0 Å². The largest absolute Gasteiger partial charge is 0.493 e. The second-order valence-electron chi connectivity index (χ2n) is 6.88. The average Bonchev–Trinajstić information content (AvgIpc) is 3.34. The Balaban J connectivity index is 1.53. The highest BCUT2D eigenvalue weighted by molar-refractivity contribution is 7.99. The van der Waals surface area contributed by atoms with E-state index in [1.807, 2.05) is 6.08 Å². The molecule has 2 aromatic rings. The molecule has 134 valence electrons. The molecule has 0 radical (unpaired) electrons. The number of aromatic nitrogens is 3. The summed E-state index contributed by atoms with van der Waals surface area (Å²) >= 11 is 1.70. The number of hydrogen-bond acceptors (Lipinski definition) is 4. The molecule has 5 heteroatoms. The molecule has 0 N–H and O–H groups in total. The molecule has 1 aliphatic carbocycles. The summed E-state index contributed by atoms with van der Waals surface area (Å²) in [4.78, 5) is 0. The minimum Gasteiger partial charge on any atom is -0.493 e. The Bertz CT molecular complexity index is 735. The van der Waals surface area contributed by atoms with Gasteiger partial charge in [0.15, 0.2) is 5.16 Å². The number of rotatable bonds is 9. The number of aryl methyl sites for hydroxylation is 1. The van der Waals surface area contributed by atoms with E-state index in [1.165, 1.54) is 24.0 Å². The van der Waals surface area contributed by atoms with Gasteiger partial charge in [0, 0.05) is 18.2 Å². The highest BCUT2D eigenvalue weighted by Gasteiger charge is 2.30. The lowest BCUT2D eigenvalue weighted by Crippen LogP contribution is -2.05. The molecule has 1 saturated carbocycles. The Morgan fingerprint density at radius 3 is 2.80 bits per heavy atom. The molecule has 0 atom stereocenters. The maximum absolute atomic E-state index is 5.91. The van der Waals surface area contributed by atoms with Crippen LogP contribution in [0.4, 0.5) is 0 Å². The van der Waals surface area contributed by atoms with E-state index in [0.717, 1.165) is 29.0 Å². The van der Waals surface area contributed by atoms with Crippen molar-refractivity contribution in [2.45, 2.75) is 57.1 Å². The summed E-state index contributed by atoms with van der Waals surface area (Å²) in [5.41, 5.74) is 2.67. The second-order valence-corrected chi connectivity index (χ2v) is 7.95. The van der Waals surface area contributed by atoms with Crippen LogP contribution in [0.3, 0.4) is 0 Å². The van der Waals surface area contributed by atoms with Crippen LogP contribution < -0.4 is 4.74 Å². The quantitative estimate of drug-likeness (QED) is 0.362. The minimum absolute atomic E-state index is 0.543. The zero-order valence-electron chi connectivity index (χ0n) is 15.4. The van der Waals surface area contributed by atoms with Gasteiger partial charge in [-0.2, -0.15) is 0 Å². The van der Waals surface area contributed by atoms with Gasteiger partial charge in [-0.25, -0.2) is 0 Å². The standard InChI is InChI=1S/C20H27N3OS/c1-5-10-23-19(16-6-7-16)21-22-20(23)25-12-11-24-17-8-9-18(14(2)3)15(4)13-17/h5,8-9,13-14,16H,1,6-7,10-12H2,2-4H3. The van der Waals surface area contributed by atoms with Crippen molar-refractivity contribution in [3.05, 3.63) is 47.8 Å². The predicted octanol–water partition coefficient (Wildman–Crippen LogP) is 4.94. The van der Waals surface area contributed by atoms with Gasteiger partial charge < -0.3 is 9.30 Å². The van der Waals surface area contributed by atoms with Gasteiger partial charge in [-0.15, -0.1) is 16.8 Å². The zero-order valence-corrected chi connectivity index (χ0v) is 16.2. The van der Waals surface area contributed by atoms with E-state index in [2.05, 4.69) is 60.3 Å². The van der Waals surface area contributed by atoms with Crippen LogP contribution in [0.2, 0.25) is 0 Å². The van der Waals surface area contributed by atoms with Gasteiger partial charge in [0.2, 0.25) is 0 Å². The van der Waals surface area contributed by atoms with Crippen molar-refractivity contribution in [1.29, 1.82) is 0 Å². The Morgan fingerprint density at radius 1 is 1.36 bits per heavy atom. The Morgan fingerprint density at radius 2 is 2.16 bits per heavy atom. The zero-order chi connectivity index (χ0) is 17.8.